The minimum Gasteiger partial charge on any atom is -0.435 e. The van der Waals surface area contributed by atoms with Crippen LogP contribution in [0.5, 0.6) is 0 Å². The molecule has 0 bridgehead atoms. The molecule has 2 heterocycles. The van der Waals surface area contributed by atoms with Gasteiger partial charge in [0.15, 0.2) is 11.4 Å². The highest BCUT2D eigenvalue weighted by Crippen LogP contribution is 2.27. The third kappa shape index (κ3) is 2.25. The lowest BCUT2D eigenvalue weighted by Crippen LogP contribution is -1.89. The molecule has 0 saturated carbocycles. The highest BCUT2D eigenvalue weighted by molar-refractivity contribution is 9.10. The van der Waals surface area contributed by atoms with Crippen LogP contribution in [0.3, 0.4) is 0 Å². The average Bonchev–Trinajstić information content (AvgIpc) is 2.80. The van der Waals surface area contributed by atoms with Gasteiger partial charge in [0.05, 0.1) is 0 Å². The van der Waals surface area contributed by atoms with E-state index in [0.717, 1.165) is 10.0 Å². The van der Waals surface area contributed by atoms with Gasteiger partial charge in [0.1, 0.15) is 11.2 Å². The van der Waals surface area contributed by atoms with Crippen molar-refractivity contribution < 1.29 is 9.21 Å². The number of Topliss-reactive ketones (excluding diaryl/α,β-unsaturated/α-hetero) is 1. The van der Waals surface area contributed by atoms with E-state index in [2.05, 4.69) is 25.9 Å². The molecular weight excluding hydrogens is 320 g/mol. The molecule has 3 aromatic rings. The normalized spacial score (nSPS) is 10.9. The maximum atomic E-state index is 11.4. The van der Waals surface area contributed by atoms with Crippen LogP contribution in [0.25, 0.3) is 22.7 Å². The Kier molecular flexibility index (Phi) is 3.14. The monoisotopic (exact) mass is 330 g/mol. The molecule has 0 N–H and O–H groups in total. The van der Waals surface area contributed by atoms with Crippen LogP contribution in [0.4, 0.5) is 0 Å². The number of hydrogen-bond acceptors (Lipinski definition) is 4. The molecule has 2 aromatic heterocycles. The fourth-order valence-electron chi connectivity index (χ4n) is 2.01. The van der Waals surface area contributed by atoms with Gasteiger partial charge in [-0.2, -0.15) is 0 Å². The summed E-state index contributed by atoms with van der Waals surface area (Å²) in [4.78, 5) is 20.1. The summed E-state index contributed by atoms with van der Waals surface area (Å²) >= 11 is 3.38. The Morgan fingerprint density at radius 3 is 2.80 bits per heavy atom. The van der Waals surface area contributed by atoms with Gasteiger partial charge in [-0.05, 0) is 59.6 Å². The van der Waals surface area contributed by atoms with Crippen LogP contribution in [-0.4, -0.2) is 15.8 Å². The molecule has 100 valence electrons. The predicted octanol–water partition coefficient (Wildman–Crippen LogP) is 4.16. The van der Waals surface area contributed by atoms with E-state index in [1.54, 1.807) is 24.4 Å². The molecule has 0 saturated heterocycles. The smallest absolute Gasteiger partial charge is 0.246 e. The minimum atomic E-state index is 0.00259. The lowest BCUT2D eigenvalue weighted by atomic mass is 10.1. The first-order chi connectivity index (χ1) is 9.54. The SMILES string of the molecule is CC(=O)c1ccc2nc(-c3ncc(Br)cc3C)oc2c1. The zero-order valence-electron chi connectivity index (χ0n) is 11.0. The molecule has 0 spiro atoms. The van der Waals surface area contributed by atoms with Crippen molar-refractivity contribution >= 4 is 32.8 Å². The van der Waals surface area contributed by atoms with Crippen LogP contribution in [0.2, 0.25) is 0 Å². The molecule has 0 aliphatic heterocycles. The van der Waals surface area contributed by atoms with Gasteiger partial charge in [-0.3, -0.25) is 4.79 Å². The first-order valence-electron chi connectivity index (χ1n) is 6.08. The van der Waals surface area contributed by atoms with Crippen molar-refractivity contribution in [3.63, 3.8) is 0 Å². The Bertz CT molecular complexity index is 824. The number of carbonyl (C=O) groups is 1. The number of rotatable bonds is 2. The summed E-state index contributed by atoms with van der Waals surface area (Å²) in [6.07, 6.45) is 1.71. The Labute approximate surface area is 124 Å². The van der Waals surface area contributed by atoms with Crippen molar-refractivity contribution in [1.29, 1.82) is 0 Å². The molecule has 4 nitrogen and oxygen atoms in total. The van der Waals surface area contributed by atoms with Crippen LogP contribution < -0.4 is 0 Å². The van der Waals surface area contributed by atoms with Gasteiger partial charge in [0, 0.05) is 16.2 Å². The van der Waals surface area contributed by atoms with E-state index >= 15 is 0 Å². The van der Waals surface area contributed by atoms with Crippen molar-refractivity contribution in [2.24, 2.45) is 0 Å². The lowest BCUT2D eigenvalue weighted by Gasteiger charge is -1.99. The first-order valence-corrected chi connectivity index (χ1v) is 6.88. The summed E-state index contributed by atoms with van der Waals surface area (Å²) in [5.74, 6) is 0.466. The second kappa shape index (κ2) is 4.83. The van der Waals surface area contributed by atoms with Gasteiger partial charge in [-0.15, -0.1) is 0 Å². The van der Waals surface area contributed by atoms with Crippen LogP contribution in [0.1, 0.15) is 22.8 Å². The second-order valence-corrected chi connectivity index (χ2v) is 5.49. The van der Waals surface area contributed by atoms with Gasteiger partial charge in [-0.1, -0.05) is 0 Å². The van der Waals surface area contributed by atoms with Gasteiger partial charge in [-0.25, -0.2) is 9.97 Å². The van der Waals surface area contributed by atoms with Crippen LogP contribution in [0.15, 0.2) is 39.4 Å². The number of aryl methyl sites for hydroxylation is 1. The van der Waals surface area contributed by atoms with E-state index in [4.69, 9.17) is 4.42 Å². The van der Waals surface area contributed by atoms with Gasteiger partial charge >= 0.3 is 0 Å². The van der Waals surface area contributed by atoms with E-state index in [1.807, 2.05) is 13.0 Å². The number of nitrogens with zero attached hydrogens (tertiary/aromatic N) is 2. The molecule has 20 heavy (non-hydrogen) atoms. The Hall–Kier alpha value is -2.01. The third-order valence-corrected chi connectivity index (χ3v) is 3.48. The molecule has 0 aliphatic carbocycles. The number of carbonyl (C=O) groups excluding carboxylic acids is 1. The Balaban J connectivity index is 2.15. The van der Waals surface area contributed by atoms with E-state index in [1.165, 1.54) is 6.92 Å². The number of oxazole rings is 1. The molecule has 0 fully saturated rings. The van der Waals surface area contributed by atoms with E-state index in [-0.39, 0.29) is 5.78 Å². The summed E-state index contributed by atoms with van der Waals surface area (Å²) in [6.45, 7) is 3.47. The number of benzene rings is 1. The minimum absolute atomic E-state index is 0.00259. The van der Waals surface area contributed by atoms with Gasteiger partial charge < -0.3 is 4.42 Å². The highest BCUT2D eigenvalue weighted by Gasteiger charge is 2.13. The molecule has 0 atom stereocenters. The highest BCUT2D eigenvalue weighted by atomic mass is 79.9. The fraction of sp³-hybridized carbons (Fsp3) is 0.133. The average molecular weight is 331 g/mol. The predicted molar refractivity (Wildman–Crippen MR) is 79.7 cm³/mol. The molecular formula is C15H11BrN2O2. The molecule has 1 aromatic carbocycles. The lowest BCUT2D eigenvalue weighted by molar-refractivity contribution is 0.101. The zero-order valence-corrected chi connectivity index (χ0v) is 12.6. The van der Waals surface area contributed by atoms with E-state index < -0.39 is 0 Å². The summed E-state index contributed by atoms with van der Waals surface area (Å²) in [6, 6.07) is 7.20. The molecule has 0 amide bonds. The quantitative estimate of drug-likeness (QED) is 0.662. The van der Waals surface area contributed by atoms with Crippen molar-refractivity contribution in [2.75, 3.05) is 0 Å². The number of fused-ring (bicyclic) bond motifs is 1. The van der Waals surface area contributed by atoms with E-state index in [0.29, 0.717) is 28.2 Å². The molecule has 3 rings (SSSR count). The van der Waals surface area contributed by atoms with Crippen LogP contribution in [-0.2, 0) is 0 Å². The van der Waals surface area contributed by atoms with Crippen molar-refractivity contribution in [3.05, 3.63) is 46.1 Å². The van der Waals surface area contributed by atoms with E-state index in [9.17, 15) is 4.79 Å². The van der Waals surface area contributed by atoms with Crippen LogP contribution in [0, 0.1) is 6.92 Å². The number of halogens is 1. The summed E-state index contributed by atoms with van der Waals surface area (Å²) in [7, 11) is 0. The maximum absolute atomic E-state index is 11.4. The van der Waals surface area contributed by atoms with Crippen LogP contribution >= 0.6 is 15.9 Å². The summed E-state index contributed by atoms with van der Waals surface area (Å²) < 4.78 is 6.64. The Morgan fingerprint density at radius 2 is 2.10 bits per heavy atom. The van der Waals surface area contributed by atoms with Crippen molar-refractivity contribution in [2.45, 2.75) is 13.8 Å². The summed E-state index contributed by atoms with van der Waals surface area (Å²) in [5, 5.41) is 0. The van der Waals surface area contributed by atoms with Gasteiger partial charge in [0.2, 0.25) is 5.89 Å². The van der Waals surface area contributed by atoms with Crippen molar-refractivity contribution in [1.82, 2.24) is 9.97 Å². The number of hydrogen-bond donors (Lipinski definition) is 0. The summed E-state index contributed by atoms with van der Waals surface area (Å²) in [5.41, 5.74) is 3.60. The third-order valence-electron chi connectivity index (χ3n) is 3.04. The number of ketones is 1. The number of aromatic nitrogens is 2. The van der Waals surface area contributed by atoms with Crippen molar-refractivity contribution in [3.8, 4) is 11.6 Å². The number of pyridine rings is 1. The second-order valence-electron chi connectivity index (χ2n) is 4.58. The maximum Gasteiger partial charge on any atom is 0.246 e. The first kappa shape index (κ1) is 13.0. The standard InChI is InChI=1S/C15H11BrN2O2/c1-8-5-11(16)7-17-14(8)15-18-12-4-3-10(9(2)19)6-13(12)20-15/h3-7H,1-2H3. The topological polar surface area (TPSA) is 56.0 Å². The molecule has 0 aliphatic rings. The Morgan fingerprint density at radius 1 is 1.30 bits per heavy atom. The molecule has 0 radical (unpaired) electrons. The molecule has 5 heteroatoms. The van der Waals surface area contributed by atoms with Gasteiger partial charge in [0.25, 0.3) is 0 Å². The fourth-order valence-corrected chi connectivity index (χ4v) is 2.46. The zero-order chi connectivity index (χ0) is 14.3. The largest absolute Gasteiger partial charge is 0.435 e. The molecule has 0 unspecified atom stereocenters.